The summed E-state index contributed by atoms with van der Waals surface area (Å²) in [7, 11) is 0. The van der Waals surface area contributed by atoms with E-state index >= 15 is 0 Å². The zero-order valence-corrected chi connectivity index (χ0v) is 12.1. The van der Waals surface area contributed by atoms with E-state index in [1.807, 2.05) is 0 Å². The molecule has 2 heterocycles. The second-order valence-electron chi connectivity index (χ2n) is 4.40. The van der Waals surface area contributed by atoms with E-state index in [1.165, 1.54) is 22.2 Å². The number of hydrogen-bond acceptors (Lipinski definition) is 3. The van der Waals surface area contributed by atoms with Crippen LogP contribution in [0.15, 0.2) is 15.9 Å². The van der Waals surface area contributed by atoms with Gasteiger partial charge in [-0.1, -0.05) is 0 Å². The second-order valence-corrected chi connectivity index (χ2v) is 6.25. The quantitative estimate of drug-likeness (QED) is 0.915. The smallest absolute Gasteiger partial charge is 0.0726 e. The lowest BCUT2D eigenvalue weighted by molar-refractivity contribution is 0.0805. The molecule has 0 spiro atoms. The summed E-state index contributed by atoms with van der Waals surface area (Å²) in [5.74, 6) is 0. The molecule has 1 N–H and O–H groups in total. The normalized spacial score (nSPS) is 24.6. The first kappa shape index (κ1) is 12.6. The van der Waals surface area contributed by atoms with E-state index in [4.69, 9.17) is 4.74 Å². The Morgan fingerprint density at radius 2 is 2.38 bits per heavy atom. The Balaban J connectivity index is 1.88. The predicted octanol–water partition coefficient (Wildman–Crippen LogP) is 3.73. The van der Waals surface area contributed by atoms with Gasteiger partial charge in [-0.05, 0) is 48.7 Å². The maximum atomic E-state index is 5.69. The minimum absolute atomic E-state index is 0.394. The van der Waals surface area contributed by atoms with Crippen LogP contribution in [0.1, 0.15) is 37.6 Å². The van der Waals surface area contributed by atoms with Crippen LogP contribution in [0.4, 0.5) is 0 Å². The van der Waals surface area contributed by atoms with Crippen LogP contribution in [0.3, 0.4) is 0 Å². The summed E-state index contributed by atoms with van der Waals surface area (Å²) in [6.07, 6.45) is 2.79. The summed E-state index contributed by atoms with van der Waals surface area (Å²) >= 11 is 5.28. The Labute approximate surface area is 110 Å². The molecule has 2 rings (SSSR count). The van der Waals surface area contributed by atoms with Crippen LogP contribution in [-0.2, 0) is 4.74 Å². The van der Waals surface area contributed by atoms with Gasteiger partial charge in [-0.25, -0.2) is 0 Å². The fourth-order valence-electron chi connectivity index (χ4n) is 2.14. The third kappa shape index (κ3) is 3.06. The Morgan fingerprint density at radius 1 is 1.56 bits per heavy atom. The number of ether oxygens (including phenoxy) is 1. The first-order valence-corrected chi connectivity index (χ1v) is 7.45. The lowest BCUT2D eigenvalue weighted by Gasteiger charge is -2.23. The van der Waals surface area contributed by atoms with Gasteiger partial charge in [-0.3, -0.25) is 0 Å². The number of thiophene rings is 1. The van der Waals surface area contributed by atoms with Crippen molar-refractivity contribution < 1.29 is 4.74 Å². The van der Waals surface area contributed by atoms with Crippen LogP contribution in [0.2, 0.25) is 0 Å². The van der Waals surface area contributed by atoms with E-state index in [0.717, 1.165) is 6.61 Å². The molecule has 0 aliphatic carbocycles. The van der Waals surface area contributed by atoms with Crippen molar-refractivity contribution in [2.45, 2.75) is 44.9 Å². The van der Waals surface area contributed by atoms with Crippen LogP contribution in [-0.4, -0.2) is 18.8 Å². The van der Waals surface area contributed by atoms with Crippen molar-refractivity contribution in [2.24, 2.45) is 0 Å². The Hall–Kier alpha value is 0.1000. The van der Waals surface area contributed by atoms with E-state index in [2.05, 4.69) is 46.5 Å². The maximum Gasteiger partial charge on any atom is 0.0726 e. The van der Waals surface area contributed by atoms with Crippen molar-refractivity contribution >= 4 is 27.3 Å². The molecule has 1 aliphatic rings. The molecule has 1 aromatic rings. The number of halogens is 1. The molecule has 1 aliphatic heterocycles. The standard InChI is InChI=1S/C12H18BrNOS/c1-8(11-4-3-5-15-11)14-9(2)12-6-10(13)7-16-12/h6-9,11,14H,3-5H2,1-2H3. The fraction of sp³-hybridized carbons (Fsp3) is 0.667. The molecule has 2 nitrogen and oxygen atoms in total. The van der Waals surface area contributed by atoms with Gasteiger partial charge in [-0.15, -0.1) is 11.3 Å². The highest BCUT2D eigenvalue weighted by atomic mass is 79.9. The molecule has 1 saturated heterocycles. The number of rotatable bonds is 4. The summed E-state index contributed by atoms with van der Waals surface area (Å²) in [4.78, 5) is 1.37. The largest absolute Gasteiger partial charge is 0.377 e. The molecule has 3 unspecified atom stereocenters. The van der Waals surface area contributed by atoms with Crippen molar-refractivity contribution in [2.75, 3.05) is 6.61 Å². The summed E-state index contributed by atoms with van der Waals surface area (Å²) in [6.45, 7) is 5.36. The molecule has 16 heavy (non-hydrogen) atoms. The zero-order valence-electron chi connectivity index (χ0n) is 9.70. The Bertz CT molecular complexity index is 336. The van der Waals surface area contributed by atoms with Gasteiger partial charge >= 0.3 is 0 Å². The molecule has 0 aromatic carbocycles. The first-order chi connectivity index (χ1) is 7.66. The Kier molecular flexibility index (Phi) is 4.41. The fourth-order valence-corrected chi connectivity index (χ4v) is 3.60. The monoisotopic (exact) mass is 303 g/mol. The summed E-state index contributed by atoms with van der Waals surface area (Å²) in [6, 6.07) is 3.01. The van der Waals surface area contributed by atoms with E-state index < -0.39 is 0 Å². The average molecular weight is 304 g/mol. The summed E-state index contributed by atoms with van der Waals surface area (Å²) < 4.78 is 6.86. The van der Waals surface area contributed by atoms with Crippen LogP contribution in [0, 0.1) is 0 Å². The molecule has 90 valence electrons. The summed E-state index contributed by atoms with van der Waals surface area (Å²) in [5.41, 5.74) is 0. The first-order valence-electron chi connectivity index (χ1n) is 5.78. The van der Waals surface area contributed by atoms with Gasteiger partial charge in [0.2, 0.25) is 0 Å². The number of nitrogens with one attached hydrogen (secondary N) is 1. The topological polar surface area (TPSA) is 21.3 Å². The van der Waals surface area contributed by atoms with Gasteiger partial charge in [0.1, 0.15) is 0 Å². The van der Waals surface area contributed by atoms with E-state index in [0.29, 0.717) is 18.2 Å². The van der Waals surface area contributed by atoms with Crippen LogP contribution in [0.5, 0.6) is 0 Å². The molecule has 4 heteroatoms. The van der Waals surface area contributed by atoms with E-state index in [9.17, 15) is 0 Å². The maximum absolute atomic E-state index is 5.69. The average Bonchev–Trinajstić information content (AvgIpc) is 2.87. The highest BCUT2D eigenvalue weighted by molar-refractivity contribution is 9.10. The van der Waals surface area contributed by atoms with Crippen molar-refractivity contribution in [3.8, 4) is 0 Å². The highest BCUT2D eigenvalue weighted by Gasteiger charge is 2.23. The van der Waals surface area contributed by atoms with E-state index in [1.54, 1.807) is 11.3 Å². The Morgan fingerprint density at radius 3 is 2.94 bits per heavy atom. The van der Waals surface area contributed by atoms with Gasteiger partial charge in [0.15, 0.2) is 0 Å². The molecule has 0 saturated carbocycles. The van der Waals surface area contributed by atoms with Crippen molar-refractivity contribution in [3.05, 3.63) is 20.8 Å². The van der Waals surface area contributed by atoms with Crippen molar-refractivity contribution in [1.82, 2.24) is 5.32 Å². The molecule has 1 aromatic heterocycles. The van der Waals surface area contributed by atoms with Gasteiger partial charge < -0.3 is 10.1 Å². The molecule has 0 amide bonds. The van der Waals surface area contributed by atoms with Crippen molar-refractivity contribution in [1.29, 1.82) is 0 Å². The molecular formula is C12H18BrNOS. The zero-order chi connectivity index (χ0) is 11.5. The van der Waals surface area contributed by atoms with Gasteiger partial charge in [-0.2, -0.15) is 0 Å². The van der Waals surface area contributed by atoms with Crippen LogP contribution in [0.25, 0.3) is 0 Å². The van der Waals surface area contributed by atoms with Crippen LogP contribution < -0.4 is 5.32 Å². The molecule has 3 atom stereocenters. The molecular weight excluding hydrogens is 286 g/mol. The highest BCUT2D eigenvalue weighted by Crippen LogP contribution is 2.26. The minimum Gasteiger partial charge on any atom is -0.377 e. The third-order valence-electron chi connectivity index (χ3n) is 3.05. The summed E-state index contributed by atoms with van der Waals surface area (Å²) in [5, 5.41) is 5.75. The second kappa shape index (κ2) is 5.63. The molecule has 0 bridgehead atoms. The molecule has 0 radical (unpaired) electrons. The van der Waals surface area contributed by atoms with Gasteiger partial charge in [0.05, 0.1) is 6.10 Å². The third-order valence-corrected chi connectivity index (χ3v) is 4.93. The lowest BCUT2D eigenvalue weighted by Crippen LogP contribution is -2.38. The SMILES string of the molecule is CC(NC(C)C1CCCO1)c1cc(Br)cs1. The predicted molar refractivity (Wildman–Crippen MR) is 72.0 cm³/mol. The van der Waals surface area contributed by atoms with Gasteiger partial charge in [0.25, 0.3) is 0 Å². The van der Waals surface area contributed by atoms with Gasteiger partial charge in [0, 0.05) is 33.4 Å². The number of hydrogen-bond donors (Lipinski definition) is 1. The minimum atomic E-state index is 0.394. The molecule has 1 fully saturated rings. The van der Waals surface area contributed by atoms with Crippen LogP contribution >= 0.6 is 27.3 Å². The van der Waals surface area contributed by atoms with Crippen molar-refractivity contribution in [3.63, 3.8) is 0 Å². The van der Waals surface area contributed by atoms with E-state index in [-0.39, 0.29) is 0 Å². The lowest BCUT2D eigenvalue weighted by atomic mass is 10.1.